The van der Waals surface area contributed by atoms with Gasteiger partial charge in [-0.1, -0.05) is 91.0 Å². The summed E-state index contributed by atoms with van der Waals surface area (Å²) in [5.74, 6) is 0.468. The Morgan fingerprint density at radius 2 is 1.20 bits per heavy atom. The third-order valence-corrected chi connectivity index (χ3v) is 8.04. The first-order valence-electron chi connectivity index (χ1n) is 14.6. The molecule has 10 nitrogen and oxygen atoms in total. The van der Waals surface area contributed by atoms with Gasteiger partial charge in [0.15, 0.2) is 11.2 Å². The van der Waals surface area contributed by atoms with Gasteiger partial charge in [-0.3, -0.25) is 13.9 Å². The van der Waals surface area contributed by atoms with Gasteiger partial charge in [-0.05, 0) is 16.7 Å². The van der Waals surface area contributed by atoms with Crippen LogP contribution < -0.4 is 11.2 Å². The molecule has 44 heavy (non-hydrogen) atoms. The van der Waals surface area contributed by atoms with E-state index in [2.05, 4.69) is 0 Å². The van der Waals surface area contributed by atoms with Crippen molar-refractivity contribution < 1.29 is 18.9 Å². The van der Waals surface area contributed by atoms with E-state index < -0.39 is 35.7 Å². The van der Waals surface area contributed by atoms with Crippen LogP contribution in [0.1, 0.15) is 28.6 Å². The molecule has 5 aromatic rings. The van der Waals surface area contributed by atoms with Crippen LogP contribution in [0.15, 0.2) is 101 Å². The second-order valence-corrected chi connectivity index (χ2v) is 11.0. The number of rotatable bonds is 11. The molecule has 1 aliphatic heterocycles. The molecule has 3 aromatic carbocycles. The molecule has 0 N–H and O–H groups in total. The van der Waals surface area contributed by atoms with E-state index in [0.717, 1.165) is 21.3 Å². The average Bonchev–Trinajstić information content (AvgIpc) is 3.58. The van der Waals surface area contributed by atoms with E-state index in [1.807, 2.05) is 91.0 Å². The molecule has 1 aliphatic rings. The molecule has 4 atom stereocenters. The van der Waals surface area contributed by atoms with Gasteiger partial charge >= 0.3 is 5.69 Å². The zero-order valence-corrected chi connectivity index (χ0v) is 25.0. The lowest BCUT2D eigenvalue weighted by Crippen LogP contribution is -2.38. The van der Waals surface area contributed by atoms with E-state index in [4.69, 9.17) is 23.9 Å². The minimum atomic E-state index is -0.706. The number of aromatic nitrogens is 4. The Kier molecular flexibility index (Phi) is 8.85. The van der Waals surface area contributed by atoms with Crippen molar-refractivity contribution in [2.24, 2.45) is 21.1 Å². The van der Waals surface area contributed by atoms with Crippen LogP contribution in [0.3, 0.4) is 0 Å². The first kappa shape index (κ1) is 29.7. The molecular formula is C34H36N4O6. The maximum atomic E-state index is 13.2. The Balaban J connectivity index is 1.37. The number of hydrogen-bond donors (Lipinski definition) is 0. The highest BCUT2D eigenvalue weighted by atomic mass is 16.6. The van der Waals surface area contributed by atoms with Crippen LogP contribution in [-0.4, -0.2) is 43.6 Å². The predicted molar refractivity (Wildman–Crippen MR) is 165 cm³/mol. The molecule has 1 saturated heterocycles. The van der Waals surface area contributed by atoms with Crippen molar-refractivity contribution in [1.29, 1.82) is 0 Å². The molecule has 0 bridgehead atoms. The van der Waals surface area contributed by atoms with Crippen LogP contribution in [0.2, 0.25) is 0 Å². The zero-order chi connectivity index (χ0) is 30.6. The maximum absolute atomic E-state index is 13.2. The zero-order valence-electron chi connectivity index (χ0n) is 25.0. The van der Waals surface area contributed by atoms with Crippen molar-refractivity contribution in [2.75, 3.05) is 6.61 Å². The summed E-state index contributed by atoms with van der Waals surface area (Å²) in [6, 6.07) is 29.8. The topological polar surface area (TPSA) is 98.7 Å². The number of benzene rings is 3. The van der Waals surface area contributed by atoms with E-state index in [1.165, 1.54) is 11.6 Å². The monoisotopic (exact) mass is 596 g/mol. The smallest absolute Gasteiger partial charge is 0.332 e. The minimum absolute atomic E-state index is 0.250. The van der Waals surface area contributed by atoms with Gasteiger partial charge in [0.1, 0.15) is 30.2 Å². The van der Waals surface area contributed by atoms with Crippen molar-refractivity contribution >= 4 is 11.2 Å². The summed E-state index contributed by atoms with van der Waals surface area (Å²) in [6.45, 7) is 1.33. The Morgan fingerprint density at radius 3 is 1.77 bits per heavy atom. The van der Waals surface area contributed by atoms with Gasteiger partial charge in [0.05, 0.1) is 26.4 Å². The van der Waals surface area contributed by atoms with Crippen LogP contribution in [0.25, 0.3) is 11.2 Å². The summed E-state index contributed by atoms with van der Waals surface area (Å²) in [6.07, 6.45) is -2.33. The Hall–Kier alpha value is -4.35. The van der Waals surface area contributed by atoms with Crippen molar-refractivity contribution in [3.8, 4) is 0 Å². The molecule has 6 rings (SSSR count). The average molecular weight is 597 g/mol. The number of nitrogens with zero attached hydrogens (tertiary/aromatic N) is 4. The number of fused-ring (bicyclic) bond motifs is 1. The largest absolute Gasteiger partial charge is 0.374 e. The van der Waals surface area contributed by atoms with Gasteiger partial charge < -0.3 is 23.5 Å². The molecule has 0 saturated carbocycles. The molecule has 3 heterocycles. The molecule has 228 valence electrons. The highest BCUT2D eigenvalue weighted by molar-refractivity contribution is 5.71. The Bertz CT molecular complexity index is 1820. The second kappa shape index (κ2) is 13.1. The number of imidazole rings is 1. The third-order valence-electron chi connectivity index (χ3n) is 8.04. The second-order valence-electron chi connectivity index (χ2n) is 11.0. The molecule has 0 aliphatic carbocycles. The summed E-state index contributed by atoms with van der Waals surface area (Å²) in [4.78, 5) is 30.7. The highest BCUT2D eigenvalue weighted by Gasteiger charge is 2.49. The number of hydrogen-bond acceptors (Lipinski definition) is 7. The summed E-state index contributed by atoms with van der Waals surface area (Å²) >= 11 is 0. The molecule has 0 radical (unpaired) electrons. The van der Waals surface area contributed by atoms with E-state index in [1.54, 1.807) is 18.7 Å². The van der Waals surface area contributed by atoms with Gasteiger partial charge in [0.25, 0.3) is 5.56 Å². The van der Waals surface area contributed by atoms with E-state index >= 15 is 0 Å². The standard InChI is InChI=1S/C34H36N4O6/c1-36-27-31(37(2)34(40)38(3)33(27)39)35-32(36)30-29(43-21-25-17-11-6-12-18-25)28(42-20-24-15-9-5-10-16-24)26(44-30)22-41-19-23-13-7-4-8-14-23/h4-18,26,28-30H,19-22H2,1-3H3/t26-,28-,29-,30-/m1/s1. The lowest BCUT2D eigenvalue weighted by atomic mass is 10.1. The fraction of sp³-hybridized carbons (Fsp3) is 0.324. The lowest BCUT2D eigenvalue weighted by Gasteiger charge is -2.25. The number of ether oxygens (including phenoxy) is 4. The summed E-state index contributed by atoms with van der Waals surface area (Å²) < 4.78 is 30.2. The lowest BCUT2D eigenvalue weighted by molar-refractivity contribution is -0.0899. The summed E-state index contributed by atoms with van der Waals surface area (Å²) in [7, 11) is 4.82. The fourth-order valence-electron chi connectivity index (χ4n) is 5.64. The van der Waals surface area contributed by atoms with Crippen LogP contribution in [0.4, 0.5) is 0 Å². The van der Waals surface area contributed by atoms with Crippen molar-refractivity contribution in [1.82, 2.24) is 18.7 Å². The molecule has 0 unspecified atom stereocenters. The van der Waals surface area contributed by atoms with E-state index in [9.17, 15) is 9.59 Å². The first-order valence-corrected chi connectivity index (χ1v) is 14.6. The minimum Gasteiger partial charge on any atom is -0.374 e. The SMILES string of the molecule is Cn1c(=O)c2c(nc([C@@H]3O[C@H](COCc4ccccc4)[C@@H](OCc4ccccc4)[C@H]3OCc3ccccc3)n2C)n(C)c1=O. The van der Waals surface area contributed by atoms with E-state index in [0.29, 0.717) is 31.2 Å². The summed E-state index contributed by atoms with van der Waals surface area (Å²) in [5.41, 5.74) is 2.78. The predicted octanol–water partition coefficient (Wildman–Crippen LogP) is 3.80. The fourth-order valence-corrected chi connectivity index (χ4v) is 5.64. The van der Waals surface area contributed by atoms with Crippen LogP contribution in [0.5, 0.6) is 0 Å². The van der Waals surface area contributed by atoms with Crippen molar-refractivity contribution in [3.05, 3.63) is 134 Å². The quantitative estimate of drug-likeness (QED) is 0.229. The number of aryl methyl sites for hydroxylation is 2. The molecule has 10 heteroatoms. The van der Waals surface area contributed by atoms with Crippen molar-refractivity contribution in [2.45, 2.75) is 44.2 Å². The van der Waals surface area contributed by atoms with Gasteiger partial charge in [-0.15, -0.1) is 0 Å². The summed E-state index contributed by atoms with van der Waals surface area (Å²) in [5, 5.41) is 0. The third kappa shape index (κ3) is 6.02. The van der Waals surface area contributed by atoms with E-state index in [-0.39, 0.29) is 12.3 Å². The maximum Gasteiger partial charge on any atom is 0.332 e. The normalized spacial score (nSPS) is 20.0. The van der Waals surface area contributed by atoms with Gasteiger partial charge in [0, 0.05) is 21.1 Å². The molecule has 0 spiro atoms. The highest BCUT2D eigenvalue weighted by Crippen LogP contribution is 2.38. The Morgan fingerprint density at radius 1 is 0.682 bits per heavy atom. The van der Waals surface area contributed by atoms with Crippen molar-refractivity contribution in [3.63, 3.8) is 0 Å². The molecule has 0 amide bonds. The molecular weight excluding hydrogens is 560 g/mol. The van der Waals surface area contributed by atoms with Gasteiger partial charge in [-0.25, -0.2) is 9.78 Å². The van der Waals surface area contributed by atoms with Crippen LogP contribution in [-0.2, 0) is 59.9 Å². The van der Waals surface area contributed by atoms with Gasteiger partial charge in [0.2, 0.25) is 0 Å². The molecule has 1 fully saturated rings. The Labute approximate surface area is 255 Å². The van der Waals surface area contributed by atoms with Crippen LogP contribution >= 0.6 is 0 Å². The van der Waals surface area contributed by atoms with Crippen LogP contribution in [0, 0.1) is 0 Å². The first-order chi connectivity index (χ1) is 21.4. The van der Waals surface area contributed by atoms with Gasteiger partial charge in [-0.2, -0.15) is 0 Å². The molecule has 2 aromatic heterocycles.